The van der Waals surface area contributed by atoms with Crippen molar-refractivity contribution in [2.75, 3.05) is 13.1 Å². The van der Waals surface area contributed by atoms with Crippen LogP contribution in [0.15, 0.2) is 18.2 Å². The molecule has 1 unspecified atom stereocenters. The first-order chi connectivity index (χ1) is 9.90. The second-order valence-electron chi connectivity index (χ2n) is 5.13. The summed E-state index contributed by atoms with van der Waals surface area (Å²) in [6.07, 6.45) is 0.220. The molecule has 0 bridgehead atoms. The van der Waals surface area contributed by atoms with Crippen molar-refractivity contribution in [1.82, 2.24) is 10.2 Å². The second kappa shape index (κ2) is 6.01. The Bertz CT molecular complexity index is 561. The normalized spacial score (nSPS) is 20.0. The van der Waals surface area contributed by atoms with Crippen LogP contribution in [0.3, 0.4) is 0 Å². The maximum absolute atomic E-state index is 12.3. The lowest BCUT2D eigenvalue weighted by Gasteiger charge is -2.34. The number of nitrogens with one attached hydrogen (secondary N) is 1. The SMILES string of the molecule is CC1C(=O)NCCN1C(=O)[C@@H](N)Cc1ccc(O)c(O)c1. The number of benzene rings is 1. The highest BCUT2D eigenvalue weighted by Gasteiger charge is 2.31. The molecule has 1 heterocycles. The molecule has 1 aromatic carbocycles. The Morgan fingerprint density at radius 2 is 2.19 bits per heavy atom. The average Bonchev–Trinajstić information content (AvgIpc) is 2.45. The van der Waals surface area contributed by atoms with E-state index >= 15 is 0 Å². The van der Waals surface area contributed by atoms with Crippen molar-refractivity contribution in [1.29, 1.82) is 0 Å². The van der Waals surface area contributed by atoms with Crippen LogP contribution in [-0.2, 0) is 16.0 Å². The van der Waals surface area contributed by atoms with Gasteiger partial charge in [-0.2, -0.15) is 0 Å². The molecule has 21 heavy (non-hydrogen) atoms. The Balaban J connectivity index is 2.05. The number of rotatable bonds is 3. The summed E-state index contributed by atoms with van der Waals surface area (Å²) in [5, 5.41) is 21.4. The standard InChI is InChI=1S/C14H19N3O4/c1-8-13(20)16-4-5-17(8)14(21)10(15)6-9-2-3-11(18)12(19)7-9/h2-3,7-8,10,18-19H,4-6,15H2,1H3,(H,16,20)/t8?,10-/m0/s1. The molecule has 7 nitrogen and oxygen atoms in total. The highest BCUT2D eigenvalue weighted by atomic mass is 16.3. The predicted octanol–water partition coefficient (Wildman–Crippen LogP) is -0.685. The minimum Gasteiger partial charge on any atom is -0.504 e. The van der Waals surface area contributed by atoms with Gasteiger partial charge in [-0.15, -0.1) is 0 Å². The molecule has 1 saturated heterocycles. The van der Waals surface area contributed by atoms with Crippen molar-refractivity contribution in [2.24, 2.45) is 5.73 Å². The van der Waals surface area contributed by atoms with Crippen LogP contribution in [0, 0.1) is 0 Å². The Morgan fingerprint density at radius 1 is 1.48 bits per heavy atom. The summed E-state index contributed by atoms with van der Waals surface area (Å²) in [4.78, 5) is 25.3. The Labute approximate surface area is 122 Å². The molecule has 1 aliphatic rings. The van der Waals surface area contributed by atoms with Crippen LogP contribution >= 0.6 is 0 Å². The highest BCUT2D eigenvalue weighted by Crippen LogP contribution is 2.25. The van der Waals surface area contributed by atoms with E-state index in [1.807, 2.05) is 0 Å². The van der Waals surface area contributed by atoms with Crippen LogP contribution < -0.4 is 11.1 Å². The summed E-state index contributed by atoms with van der Waals surface area (Å²) in [7, 11) is 0. The summed E-state index contributed by atoms with van der Waals surface area (Å²) < 4.78 is 0. The smallest absolute Gasteiger partial charge is 0.242 e. The lowest BCUT2D eigenvalue weighted by molar-refractivity contribution is -0.143. The zero-order valence-corrected chi connectivity index (χ0v) is 11.7. The maximum Gasteiger partial charge on any atom is 0.242 e. The fourth-order valence-corrected chi connectivity index (χ4v) is 2.33. The van der Waals surface area contributed by atoms with Gasteiger partial charge in [-0.25, -0.2) is 0 Å². The maximum atomic E-state index is 12.3. The van der Waals surface area contributed by atoms with Gasteiger partial charge in [-0.1, -0.05) is 6.07 Å². The molecule has 7 heteroatoms. The molecule has 2 amide bonds. The topological polar surface area (TPSA) is 116 Å². The number of hydrogen-bond acceptors (Lipinski definition) is 5. The van der Waals surface area contributed by atoms with Crippen molar-refractivity contribution in [3.63, 3.8) is 0 Å². The van der Waals surface area contributed by atoms with Crippen molar-refractivity contribution < 1.29 is 19.8 Å². The molecule has 1 fully saturated rings. The van der Waals surface area contributed by atoms with E-state index in [1.54, 1.807) is 13.0 Å². The molecule has 2 atom stereocenters. The summed E-state index contributed by atoms with van der Waals surface area (Å²) in [6, 6.07) is 2.97. The molecule has 1 aromatic rings. The number of aromatic hydroxyl groups is 2. The van der Waals surface area contributed by atoms with E-state index in [2.05, 4.69) is 5.32 Å². The highest BCUT2D eigenvalue weighted by molar-refractivity contribution is 5.90. The van der Waals surface area contributed by atoms with Gasteiger partial charge in [0.2, 0.25) is 11.8 Å². The molecule has 1 aliphatic heterocycles. The van der Waals surface area contributed by atoms with Crippen LogP contribution in [0.25, 0.3) is 0 Å². The van der Waals surface area contributed by atoms with Gasteiger partial charge in [0.25, 0.3) is 0 Å². The molecule has 0 spiro atoms. The number of hydrogen-bond donors (Lipinski definition) is 4. The third-order valence-electron chi connectivity index (χ3n) is 3.59. The van der Waals surface area contributed by atoms with Gasteiger partial charge in [-0.3, -0.25) is 9.59 Å². The van der Waals surface area contributed by atoms with Gasteiger partial charge in [0.05, 0.1) is 6.04 Å². The van der Waals surface area contributed by atoms with Crippen LogP contribution in [0.4, 0.5) is 0 Å². The lowest BCUT2D eigenvalue weighted by Crippen LogP contribution is -2.59. The molecule has 0 radical (unpaired) electrons. The average molecular weight is 293 g/mol. The van der Waals surface area contributed by atoms with E-state index in [9.17, 15) is 19.8 Å². The number of nitrogens with zero attached hydrogens (tertiary/aromatic N) is 1. The first-order valence-corrected chi connectivity index (χ1v) is 6.74. The van der Waals surface area contributed by atoms with E-state index < -0.39 is 12.1 Å². The van der Waals surface area contributed by atoms with Crippen LogP contribution in [-0.4, -0.2) is 52.1 Å². The third kappa shape index (κ3) is 3.25. The molecule has 0 aliphatic carbocycles. The fraction of sp³-hybridized carbons (Fsp3) is 0.429. The zero-order chi connectivity index (χ0) is 15.6. The van der Waals surface area contributed by atoms with Crippen molar-refractivity contribution in [3.05, 3.63) is 23.8 Å². The number of phenolic OH excluding ortho intramolecular Hbond substituents is 2. The molecule has 2 rings (SSSR count). The largest absolute Gasteiger partial charge is 0.504 e. The minimum atomic E-state index is -0.803. The van der Waals surface area contributed by atoms with Gasteiger partial charge in [0, 0.05) is 13.1 Å². The Kier molecular flexibility index (Phi) is 4.32. The minimum absolute atomic E-state index is 0.191. The zero-order valence-electron chi connectivity index (χ0n) is 11.7. The van der Waals surface area contributed by atoms with Gasteiger partial charge < -0.3 is 26.2 Å². The number of carbonyl (C=O) groups excluding carboxylic acids is 2. The molecule has 0 saturated carbocycles. The van der Waals surface area contributed by atoms with Crippen molar-refractivity contribution in [3.8, 4) is 11.5 Å². The fourth-order valence-electron chi connectivity index (χ4n) is 2.33. The lowest BCUT2D eigenvalue weighted by atomic mass is 10.0. The summed E-state index contributed by atoms with van der Waals surface area (Å²) >= 11 is 0. The third-order valence-corrected chi connectivity index (χ3v) is 3.59. The van der Waals surface area contributed by atoms with Crippen molar-refractivity contribution in [2.45, 2.75) is 25.4 Å². The van der Waals surface area contributed by atoms with E-state index in [0.717, 1.165) is 0 Å². The van der Waals surface area contributed by atoms with Gasteiger partial charge in [0.15, 0.2) is 11.5 Å². The van der Waals surface area contributed by atoms with Crippen LogP contribution in [0.5, 0.6) is 11.5 Å². The quantitative estimate of drug-likeness (QED) is 0.551. The summed E-state index contributed by atoms with van der Waals surface area (Å²) in [6.45, 7) is 2.51. The van der Waals surface area contributed by atoms with E-state index in [4.69, 9.17) is 5.73 Å². The number of carbonyl (C=O) groups is 2. The van der Waals surface area contributed by atoms with Gasteiger partial charge >= 0.3 is 0 Å². The first kappa shape index (κ1) is 15.1. The van der Waals surface area contributed by atoms with E-state index in [-0.39, 0.29) is 29.7 Å². The summed E-state index contributed by atoms with van der Waals surface area (Å²) in [5.41, 5.74) is 6.55. The van der Waals surface area contributed by atoms with Crippen molar-refractivity contribution >= 4 is 11.8 Å². The van der Waals surface area contributed by atoms with Gasteiger partial charge in [0.1, 0.15) is 6.04 Å². The molecule has 5 N–H and O–H groups in total. The van der Waals surface area contributed by atoms with Gasteiger partial charge in [-0.05, 0) is 31.0 Å². The van der Waals surface area contributed by atoms with E-state index in [0.29, 0.717) is 18.7 Å². The second-order valence-corrected chi connectivity index (χ2v) is 5.13. The number of phenols is 2. The number of nitrogens with two attached hydrogens (primary N) is 1. The number of amides is 2. The molecule has 0 aromatic heterocycles. The molecule has 114 valence electrons. The van der Waals surface area contributed by atoms with E-state index in [1.165, 1.54) is 17.0 Å². The van der Waals surface area contributed by atoms with Crippen LogP contribution in [0.1, 0.15) is 12.5 Å². The Hall–Kier alpha value is -2.28. The summed E-state index contributed by atoms with van der Waals surface area (Å²) in [5.74, 6) is -0.966. The number of piperazine rings is 1. The first-order valence-electron chi connectivity index (χ1n) is 6.74. The predicted molar refractivity (Wildman–Crippen MR) is 75.6 cm³/mol. The monoisotopic (exact) mass is 293 g/mol. The molecular formula is C14H19N3O4. The van der Waals surface area contributed by atoms with Crippen LogP contribution in [0.2, 0.25) is 0 Å². The Morgan fingerprint density at radius 3 is 2.86 bits per heavy atom. The molecular weight excluding hydrogens is 274 g/mol.